The Hall–Kier alpha value is -4.80. The molecule has 2 aromatic carbocycles. The molecule has 5 aromatic rings. The number of hydrogen-bond donors (Lipinski definition) is 2. The van der Waals surface area contributed by atoms with Gasteiger partial charge in [0.1, 0.15) is 5.69 Å². The van der Waals surface area contributed by atoms with Gasteiger partial charge in [0.05, 0.1) is 12.7 Å². The summed E-state index contributed by atoms with van der Waals surface area (Å²) in [5, 5.41) is 9.08. The summed E-state index contributed by atoms with van der Waals surface area (Å²) in [6, 6.07) is 15.6. The van der Waals surface area contributed by atoms with Crippen molar-refractivity contribution in [3.63, 3.8) is 0 Å². The maximum absolute atomic E-state index is 13.3. The maximum Gasteiger partial charge on any atom is 0.433 e. The smallest absolute Gasteiger partial charge is 0.348 e. The zero-order valence-corrected chi connectivity index (χ0v) is 19.6. The summed E-state index contributed by atoms with van der Waals surface area (Å²) in [5.41, 5.74) is 0.632. The fourth-order valence-electron chi connectivity index (χ4n) is 4.10. The number of carbonyl (C=O) groups excluding carboxylic acids is 1. The zero-order valence-electron chi connectivity index (χ0n) is 19.6. The quantitative estimate of drug-likeness (QED) is 0.245. The van der Waals surface area contributed by atoms with Crippen LogP contribution in [0.5, 0.6) is 0 Å². The molecule has 1 amide bonds. The molecule has 3 heterocycles. The first-order chi connectivity index (χ1) is 18.2. The summed E-state index contributed by atoms with van der Waals surface area (Å²) in [7, 11) is 0. The highest BCUT2D eigenvalue weighted by Gasteiger charge is 2.35. The summed E-state index contributed by atoms with van der Waals surface area (Å²) in [5.74, 6) is -0.947. The van der Waals surface area contributed by atoms with Crippen molar-refractivity contribution >= 4 is 16.7 Å². The van der Waals surface area contributed by atoms with E-state index in [1.54, 1.807) is 36.5 Å². The summed E-state index contributed by atoms with van der Waals surface area (Å²) in [4.78, 5) is 29.3. The van der Waals surface area contributed by atoms with E-state index in [-0.39, 0.29) is 35.7 Å². The van der Waals surface area contributed by atoms with Crippen molar-refractivity contribution in [3.8, 4) is 11.1 Å². The van der Waals surface area contributed by atoms with Crippen LogP contribution in [0.25, 0.3) is 21.9 Å². The Kier molecular flexibility index (Phi) is 6.50. The number of fused-ring (bicyclic) bond motifs is 1. The average Bonchev–Trinajstić information content (AvgIpc) is 3.41. The van der Waals surface area contributed by atoms with Crippen LogP contribution in [0.2, 0.25) is 0 Å². The van der Waals surface area contributed by atoms with Gasteiger partial charge in [-0.25, -0.2) is 4.98 Å². The van der Waals surface area contributed by atoms with Crippen molar-refractivity contribution < 1.29 is 22.4 Å². The van der Waals surface area contributed by atoms with E-state index in [2.05, 4.69) is 15.4 Å². The number of H-pyrrole nitrogens is 1. The number of benzene rings is 2. The number of nitrogens with one attached hydrogen (secondary N) is 2. The first-order valence-electron chi connectivity index (χ1n) is 11.4. The molecule has 0 aliphatic carbocycles. The fraction of sp³-hybridized carbons (Fsp3) is 0.111. The molecule has 0 unspecified atom stereocenters. The Morgan fingerprint density at radius 1 is 1.00 bits per heavy atom. The summed E-state index contributed by atoms with van der Waals surface area (Å²) < 4.78 is 54.2. The van der Waals surface area contributed by atoms with Crippen LogP contribution in [0.3, 0.4) is 0 Å². The molecule has 0 spiro atoms. The van der Waals surface area contributed by atoms with Crippen LogP contribution in [0.4, 0.5) is 17.6 Å². The number of rotatable bonds is 6. The minimum atomic E-state index is -4.59. The summed E-state index contributed by atoms with van der Waals surface area (Å²) in [6.07, 6.45) is -0.590. The molecule has 3 aromatic heterocycles. The van der Waals surface area contributed by atoms with Gasteiger partial charge >= 0.3 is 6.18 Å². The molecule has 5 rings (SSSR count). The first-order valence-corrected chi connectivity index (χ1v) is 11.4. The van der Waals surface area contributed by atoms with E-state index in [1.807, 2.05) is 5.10 Å². The maximum atomic E-state index is 13.3. The molecule has 11 heteroatoms. The second-order valence-corrected chi connectivity index (χ2v) is 8.58. The lowest BCUT2D eigenvalue weighted by atomic mass is 10.0. The molecule has 0 saturated carbocycles. The molecule has 0 bridgehead atoms. The van der Waals surface area contributed by atoms with E-state index >= 15 is 0 Å². The van der Waals surface area contributed by atoms with Gasteiger partial charge in [-0.1, -0.05) is 24.3 Å². The molecular weight excluding hydrogens is 502 g/mol. The van der Waals surface area contributed by atoms with Crippen LogP contribution in [-0.2, 0) is 19.3 Å². The van der Waals surface area contributed by atoms with Gasteiger partial charge in [0.2, 0.25) is 5.95 Å². The number of pyridine rings is 2. The monoisotopic (exact) mass is 521 g/mol. The molecule has 0 aliphatic rings. The van der Waals surface area contributed by atoms with Crippen molar-refractivity contribution in [2.24, 2.45) is 0 Å². The SMILES string of the molecule is O=C(NCc1ccc(F)nc1)c1cccc(Cn2ccc3cc(-c4cn[nH]c4C(F)(F)F)ccc3c2=O)c1. The van der Waals surface area contributed by atoms with Gasteiger partial charge in [-0.2, -0.15) is 22.7 Å². The highest BCUT2D eigenvalue weighted by atomic mass is 19.4. The van der Waals surface area contributed by atoms with Crippen molar-refractivity contribution in [2.75, 3.05) is 0 Å². The van der Waals surface area contributed by atoms with Crippen LogP contribution < -0.4 is 10.9 Å². The number of aromatic nitrogens is 4. The molecule has 0 aliphatic heterocycles. The van der Waals surface area contributed by atoms with Gasteiger partial charge in [-0.15, -0.1) is 0 Å². The van der Waals surface area contributed by atoms with Gasteiger partial charge in [0.15, 0.2) is 0 Å². The lowest BCUT2D eigenvalue weighted by molar-refractivity contribution is -0.140. The van der Waals surface area contributed by atoms with Crippen LogP contribution >= 0.6 is 0 Å². The summed E-state index contributed by atoms with van der Waals surface area (Å²) >= 11 is 0. The molecule has 7 nitrogen and oxygen atoms in total. The topological polar surface area (TPSA) is 92.7 Å². The predicted octanol–water partition coefficient (Wildman–Crippen LogP) is 4.92. The third-order valence-corrected chi connectivity index (χ3v) is 5.99. The number of hydrogen-bond acceptors (Lipinski definition) is 4. The van der Waals surface area contributed by atoms with Gasteiger partial charge in [0.25, 0.3) is 11.5 Å². The summed E-state index contributed by atoms with van der Waals surface area (Å²) in [6.45, 7) is 0.352. The Morgan fingerprint density at radius 3 is 2.61 bits per heavy atom. The Balaban J connectivity index is 1.35. The minimum absolute atomic E-state index is 0.102. The third-order valence-electron chi connectivity index (χ3n) is 5.99. The van der Waals surface area contributed by atoms with E-state index in [0.717, 1.165) is 6.20 Å². The molecule has 38 heavy (non-hydrogen) atoms. The number of nitrogens with zero attached hydrogens (tertiary/aromatic N) is 3. The number of carbonyl (C=O) groups is 1. The standard InChI is InChI=1S/C27H19F4N5O2/c28-23-7-4-17(12-32-23)13-33-25(37)20-3-1-2-16(10-20)15-36-9-8-19-11-18(5-6-21(19)26(36)38)22-14-34-35-24(22)27(29,30)31/h1-12,14H,13,15H2,(H,33,37)(H,34,35). The molecule has 2 N–H and O–H groups in total. The second kappa shape index (κ2) is 9.92. The Morgan fingerprint density at radius 2 is 1.84 bits per heavy atom. The highest BCUT2D eigenvalue weighted by molar-refractivity contribution is 5.94. The lowest BCUT2D eigenvalue weighted by Gasteiger charge is -2.11. The van der Waals surface area contributed by atoms with Gasteiger partial charge in [-0.05, 0) is 58.5 Å². The third kappa shape index (κ3) is 5.17. The van der Waals surface area contributed by atoms with Crippen molar-refractivity contribution in [1.82, 2.24) is 25.1 Å². The normalized spacial score (nSPS) is 11.6. The fourth-order valence-corrected chi connectivity index (χ4v) is 4.10. The number of aromatic amines is 1. The number of alkyl halides is 3. The van der Waals surface area contributed by atoms with Crippen LogP contribution in [-0.4, -0.2) is 25.7 Å². The van der Waals surface area contributed by atoms with Gasteiger partial charge in [0, 0.05) is 35.5 Å². The Bertz CT molecular complexity index is 1690. The number of amides is 1. The van der Waals surface area contributed by atoms with E-state index in [1.165, 1.54) is 41.1 Å². The molecule has 0 saturated heterocycles. The van der Waals surface area contributed by atoms with E-state index in [4.69, 9.17) is 0 Å². The Labute approximate surface area is 212 Å². The number of halogens is 4. The molecule has 0 fully saturated rings. The second-order valence-electron chi connectivity index (χ2n) is 8.58. The largest absolute Gasteiger partial charge is 0.433 e. The van der Waals surface area contributed by atoms with Gasteiger partial charge < -0.3 is 9.88 Å². The lowest BCUT2D eigenvalue weighted by Crippen LogP contribution is -2.23. The molecule has 0 radical (unpaired) electrons. The van der Waals surface area contributed by atoms with Crippen molar-refractivity contribution in [3.05, 3.63) is 118 Å². The molecule has 0 atom stereocenters. The highest BCUT2D eigenvalue weighted by Crippen LogP contribution is 2.36. The van der Waals surface area contributed by atoms with Crippen LogP contribution in [0.15, 0.2) is 84.0 Å². The minimum Gasteiger partial charge on any atom is -0.348 e. The zero-order chi connectivity index (χ0) is 26.9. The van der Waals surface area contributed by atoms with Crippen molar-refractivity contribution in [2.45, 2.75) is 19.3 Å². The van der Waals surface area contributed by atoms with E-state index < -0.39 is 17.8 Å². The first kappa shape index (κ1) is 24.9. The van der Waals surface area contributed by atoms with Crippen LogP contribution in [0, 0.1) is 5.95 Å². The predicted molar refractivity (Wildman–Crippen MR) is 132 cm³/mol. The molecule has 192 valence electrons. The van der Waals surface area contributed by atoms with E-state index in [9.17, 15) is 27.2 Å². The van der Waals surface area contributed by atoms with Crippen molar-refractivity contribution in [1.29, 1.82) is 0 Å². The van der Waals surface area contributed by atoms with E-state index in [0.29, 0.717) is 27.5 Å². The van der Waals surface area contributed by atoms with Crippen LogP contribution in [0.1, 0.15) is 27.2 Å². The molecular formula is C27H19F4N5O2. The van der Waals surface area contributed by atoms with Gasteiger partial charge in [-0.3, -0.25) is 14.7 Å². The average molecular weight is 521 g/mol.